The molecule has 1 aliphatic heterocycles. The molecule has 0 aliphatic carbocycles. The van der Waals surface area contributed by atoms with E-state index in [4.69, 9.17) is 4.74 Å². The SMILES string of the molecule is CNC(C)c1ccnc(N2CCCC(COC)C2)c1. The minimum Gasteiger partial charge on any atom is -0.384 e. The Morgan fingerprint density at radius 3 is 3.16 bits per heavy atom. The molecule has 2 rings (SSSR count). The van der Waals surface area contributed by atoms with Gasteiger partial charge < -0.3 is 15.0 Å². The molecular weight excluding hydrogens is 238 g/mol. The van der Waals surface area contributed by atoms with Crippen molar-refractivity contribution in [1.82, 2.24) is 10.3 Å². The number of hydrogen-bond donors (Lipinski definition) is 1. The minimum absolute atomic E-state index is 0.362. The van der Waals surface area contributed by atoms with Crippen LogP contribution in [0, 0.1) is 5.92 Å². The summed E-state index contributed by atoms with van der Waals surface area (Å²) in [6.45, 7) is 5.18. The van der Waals surface area contributed by atoms with Crippen LogP contribution < -0.4 is 10.2 Å². The number of nitrogens with zero attached hydrogens (tertiary/aromatic N) is 2. The van der Waals surface area contributed by atoms with E-state index in [1.807, 2.05) is 13.2 Å². The second-order valence-electron chi connectivity index (χ2n) is 5.37. The number of rotatable bonds is 5. The first-order valence-corrected chi connectivity index (χ1v) is 7.11. The third-order valence-electron chi connectivity index (χ3n) is 3.95. The molecule has 4 heteroatoms. The van der Waals surface area contributed by atoms with Crippen LogP contribution in [0.4, 0.5) is 5.82 Å². The molecule has 0 aromatic carbocycles. The Balaban J connectivity index is 2.08. The van der Waals surface area contributed by atoms with Crippen molar-refractivity contribution >= 4 is 5.82 Å². The molecule has 1 saturated heterocycles. The van der Waals surface area contributed by atoms with E-state index in [2.05, 4.69) is 34.3 Å². The lowest BCUT2D eigenvalue weighted by atomic mass is 9.99. The molecule has 19 heavy (non-hydrogen) atoms. The molecule has 1 aromatic heterocycles. The summed E-state index contributed by atoms with van der Waals surface area (Å²) in [6.07, 6.45) is 4.40. The largest absolute Gasteiger partial charge is 0.384 e. The van der Waals surface area contributed by atoms with Gasteiger partial charge in [-0.15, -0.1) is 0 Å². The van der Waals surface area contributed by atoms with Crippen molar-refractivity contribution in [3.05, 3.63) is 23.9 Å². The van der Waals surface area contributed by atoms with E-state index in [1.165, 1.54) is 18.4 Å². The van der Waals surface area contributed by atoms with Gasteiger partial charge in [0, 0.05) is 32.4 Å². The average Bonchev–Trinajstić information content (AvgIpc) is 2.47. The van der Waals surface area contributed by atoms with Gasteiger partial charge in [-0.25, -0.2) is 4.98 Å². The smallest absolute Gasteiger partial charge is 0.128 e. The quantitative estimate of drug-likeness (QED) is 0.884. The molecule has 4 nitrogen and oxygen atoms in total. The van der Waals surface area contributed by atoms with Gasteiger partial charge in [-0.1, -0.05) is 0 Å². The lowest BCUT2D eigenvalue weighted by molar-refractivity contribution is 0.143. The molecule has 1 aliphatic rings. The lowest BCUT2D eigenvalue weighted by Gasteiger charge is -2.33. The lowest BCUT2D eigenvalue weighted by Crippen LogP contribution is -2.37. The molecule has 1 aromatic rings. The minimum atomic E-state index is 0.362. The Bertz CT molecular complexity index is 395. The molecule has 0 bridgehead atoms. The first-order chi connectivity index (χ1) is 9.24. The van der Waals surface area contributed by atoms with Gasteiger partial charge in [-0.3, -0.25) is 0 Å². The summed E-state index contributed by atoms with van der Waals surface area (Å²) in [5.74, 6) is 1.73. The standard InChI is InChI=1S/C15H25N3O/c1-12(16-2)14-6-7-17-15(9-14)18-8-4-5-13(10-18)11-19-3/h6-7,9,12-13,16H,4-5,8,10-11H2,1-3H3. The molecule has 2 unspecified atom stereocenters. The van der Waals surface area contributed by atoms with Gasteiger partial charge in [0.15, 0.2) is 0 Å². The maximum absolute atomic E-state index is 5.29. The number of nitrogens with one attached hydrogen (secondary N) is 1. The van der Waals surface area contributed by atoms with Gasteiger partial charge in [0.25, 0.3) is 0 Å². The zero-order valence-electron chi connectivity index (χ0n) is 12.2. The van der Waals surface area contributed by atoms with Crippen molar-refractivity contribution in [2.75, 3.05) is 38.8 Å². The van der Waals surface area contributed by atoms with Crippen LogP contribution in [0.1, 0.15) is 31.4 Å². The summed E-state index contributed by atoms with van der Waals surface area (Å²) in [4.78, 5) is 6.92. The predicted octanol–water partition coefficient (Wildman–Crippen LogP) is 2.22. The molecule has 1 fully saturated rings. The van der Waals surface area contributed by atoms with Gasteiger partial charge in [-0.2, -0.15) is 0 Å². The molecule has 106 valence electrons. The number of hydrogen-bond acceptors (Lipinski definition) is 4. The van der Waals surface area contributed by atoms with E-state index >= 15 is 0 Å². The van der Waals surface area contributed by atoms with Crippen LogP contribution in [0.5, 0.6) is 0 Å². The Labute approximate surface area is 116 Å². The monoisotopic (exact) mass is 263 g/mol. The summed E-state index contributed by atoms with van der Waals surface area (Å²) in [6, 6.07) is 4.65. The number of methoxy groups -OCH3 is 1. The second-order valence-corrected chi connectivity index (χ2v) is 5.37. The van der Waals surface area contributed by atoms with Crippen molar-refractivity contribution in [2.24, 2.45) is 5.92 Å². The summed E-state index contributed by atoms with van der Waals surface area (Å²) in [7, 11) is 3.77. The van der Waals surface area contributed by atoms with Crippen LogP contribution in [0.15, 0.2) is 18.3 Å². The highest BCUT2D eigenvalue weighted by atomic mass is 16.5. The van der Waals surface area contributed by atoms with Crippen LogP contribution in [-0.4, -0.2) is 38.8 Å². The zero-order chi connectivity index (χ0) is 13.7. The van der Waals surface area contributed by atoms with Gasteiger partial charge >= 0.3 is 0 Å². The topological polar surface area (TPSA) is 37.4 Å². The summed E-state index contributed by atoms with van der Waals surface area (Å²) in [5, 5.41) is 3.27. The first kappa shape index (κ1) is 14.3. The van der Waals surface area contributed by atoms with E-state index in [0.29, 0.717) is 12.0 Å². The van der Waals surface area contributed by atoms with Crippen molar-refractivity contribution < 1.29 is 4.74 Å². The molecule has 0 radical (unpaired) electrons. The predicted molar refractivity (Wildman–Crippen MR) is 78.5 cm³/mol. The third kappa shape index (κ3) is 3.67. The van der Waals surface area contributed by atoms with Crippen LogP contribution in [0.25, 0.3) is 0 Å². The normalized spacial score (nSPS) is 21.4. The summed E-state index contributed by atoms with van der Waals surface area (Å²) < 4.78 is 5.29. The van der Waals surface area contributed by atoms with Gasteiger partial charge in [0.1, 0.15) is 5.82 Å². The van der Waals surface area contributed by atoms with Gasteiger partial charge in [0.2, 0.25) is 0 Å². The Morgan fingerprint density at radius 1 is 1.58 bits per heavy atom. The number of piperidine rings is 1. The average molecular weight is 263 g/mol. The van der Waals surface area contributed by atoms with E-state index in [0.717, 1.165) is 25.5 Å². The van der Waals surface area contributed by atoms with Crippen molar-refractivity contribution in [2.45, 2.75) is 25.8 Å². The number of anilines is 1. The highest BCUT2D eigenvalue weighted by Gasteiger charge is 2.21. The fourth-order valence-corrected chi connectivity index (χ4v) is 2.69. The second kappa shape index (κ2) is 6.87. The van der Waals surface area contributed by atoms with E-state index < -0.39 is 0 Å². The van der Waals surface area contributed by atoms with Gasteiger partial charge in [-0.05, 0) is 50.4 Å². The Hall–Kier alpha value is -1.13. The first-order valence-electron chi connectivity index (χ1n) is 7.11. The number of aromatic nitrogens is 1. The molecular formula is C15H25N3O. The van der Waals surface area contributed by atoms with E-state index in [-0.39, 0.29) is 0 Å². The molecule has 2 atom stereocenters. The molecule has 0 amide bonds. The molecule has 1 N–H and O–H groups in total. The summed E-state index contributed by atoms with van der Waals surface area (Å²) >= 11 is 0. The number of ether oxygens (including phenoxy) is 1. The molecule has 0 saturated carbocycles. The zero-order valence-corrected chi connectivity index (χ0v) is 12.2. The van der Waals surface area contributed by atoms with Crippen molar-refractivity contribution in [3.63, 3.8) is 0 Å². The Kier molecular flexibility index (Phi) is 5.16. The summed E-state index contributed by atoms with van der Waals surface area (Å²) in [5.41, 5.74) is 1.29. The van der Waals surface area contributed by atoms with E-state index in [1.54, 1.807) is 7.11 Å². The van der Waals surface area contributed by atoms with Crippen LogP contribution in [-0.2, 0) is 4.74 Å². The number of pyridine rings is 1. The molecule has 2 heterocycles. The highest BCUT2D eigenvalue weighted by molar-refractivity contribution is 5.42. The van der Waals surface area contributed by atoms with Crippen LogP contribution >= 0.6 is 0 Å². The fourth-order valence-electron chi connectivity index (χ4n) is 2.69. The highest BCUT2D eigenvalue weighted by Crippen LogP contribution is 2.24. The van der Waals surface area contributed by atoms with Crippen molar-refractivity contribution in [3.8, 4) is 0 Å². The van der Waals surface area contributed by atoms with Crippen molar-refractivity contribution in [1.29, 1.82) is 0 Å². The molecule has 0 spiro atoms. The van der Waals surface area contributed by atoms with Gasteiger partial charge in [0.05, 0.1) is 6.61 Å². The maximum atomic E-state index is 5.29. The maximum Gasteiger partial charge on any atom is 0.128 e. The Morgan fingerprint density at radius 2 is 2.42 bits per heavy atom. The fraction of sp³-hybridized carbons (Fsp3) is 0.667. The third-order valence-corrected chi connectivity index (χ3v) is 3.95. The van der Waals surface area contributed by atoms with E-state index in [9.17, 15) is 0 Å². The van der Waals surface area contributed by atoms with Crippen LogP contribution in [0.3, 0.4) is 0 Å². The van der Waals surface area contributed by atoms with Crippen LogP contribution in [0.2, 0.25) is 0 Å².